The molecule has 1 fully saturated rings. The highest BCUT2D eigenvalue weighted by molar-refractivity contribution is 7.92. The van der Waals surface area contributed by atoms with Crippen LogP contribution in [0.3, 0.4) is 0 Å². The number of nitriles is 1. The normalized spacial score (nSPS) is 13.5. The standard InChI is InChI=1S/C26H25N5O3S/c1-2-14-35(32,33)30-20-8-6-19(7-9-20)25-23(16-27)22-11-10-21(34-26-28-12-3-13-29-26)15-24(22)31(25)17-18-4-5-18/h3,6-13,15,18,30H,2,4-5,14,17H2,1H3. The Kier molecular flexibility index (Phi) is 6.14. The first-order chi connectivity index (χ1) is 17.0. The SMILES string of the molecule is CCCS(=O)(=O)Nc1ccc(-c2c(C#N)c3ccc(Oc4ncccn4)cc3n2CC2CC2)cc1. The number of nitrogens with one attached hydrogen (secondary N) is 1. The second kappa shape index (κ2) is 9.39. The zero-order valence-electron chi connectivity index (χ0n) is 19.3. The minimum atomic E-state index is -3.37. The van der Waals surface area contributed by atoms with Crippen LogP contribution >= 0.6 is 0 Å². The van der Waals surface area contributed by atoms with E-state index in [4.69, 9.17) is 4.74 Å². The fourth-order valence-electron chi connectivity index (χ4n) is 4.19. The summed E-state index contributed by atoms with van der Waals surface area (Å²) in [6, 6.07) is 17.2. The summed E-state index contributed by atoms with van der Waals surface area (Å²) in [6.45, 7) is 2.62. The first-order valence-corrected chi connectivity index (χ1v) is 13.2. The summed E-state index contributed by atoms with van der Waals surface area (Å²) in [7, 11) is -3.37. The Morgan fingerprint density at radius 3 is 2.54 bits per heavy atom. The summed E-state index contributed by atoms with van der Waals surface area (Å²) < 4.78 is 34.9. The molecule has 0 amide bonds. The Balaban J connectivity index is 1.57. The molecular weight excluding hydrogens is 462 g/mol. The molecule has 1 saturated carbocycles. The van der Waals surface area contributed by atoms with E-state index in [9.17, 15) is 13.7 Å². The van der Waals surface area contributed by atoms with Gasteiger partial charge in [-0.15, -0.1) is 0 Å². The van der Waals surface area contributed by atoms with Gasteiger partial charge in [-0.25, -0.2) is 18.4 Å². The Morgan fingerprint density at radius 1 is 1.14 bits per heavy atom. The number of nitrogens with zero attached hydrogens (tertiary/aromatic N) is 4. The predicted molar refractivity (Wildman–Crippen MR) is 135 cm³/mol. The maximum atomic E-state index is 12.1. The third-order valence-corrected chi connectivity index (χ3v) is 7.43. The van der Waals surface area contributed by atoms with E-state index >= 15 is 0 Å². The molecule has 4 aromatic rings. The Labute approximate surface area is 204 Å². The molecule has 1 aliphatic carbocycles. The lowest BCUT2D eigenvalue weighted by Crippen LogP contribution is -2.15. The van der Waals surface area contributed by atoms with Crippen molar-refractivity contribution in [2.75, 3.05) is 10.5 Å². The van der Waals surface area contributed by atoms with Gasteiger partial charge in [-0.05, 0) is 61.1 Å². The predicted octanol–water partition coefficient (Wildman–Crippen LogP) is 5.32. The smallest absolute Gasteiger partial charge is 0.321 e. The van der Waals surface area contributed by atoms with Crippen molar-refractivity contribution in [2.45, 2.75) is 32.7 Å². The minimum absolute atomic E-state index is 0.0708. The molecule has 2 heterocycles. The first-order valence-electron chi connectivity index (χ1n) is 11.6. The molecule has 1 N–H and O–H groups in total. The maximum absolute atomic E-state index is 12.1. The van der Waals surface area contributed by atoms with Crippen molar-refractivity contribution in [3.8, 4) is 29.1 Å². The van der Waals surface area contributed by atoms with Gasteiger partial charge in [0, 0.05) is 36.1 Å². The van der Waals surface area contributed by atoms with E-state index in [1.807, 2.05) is 37.3 Å². The summed E-state index contributed by atoms with van der Waals surface area (Å²) >= 11 is 0. The van der Waals surface area contributed by atoms with Crippen molar-refractivity contribution in [3.05, 3.63) is 66.5 Å². The van der Waals surface area contributed by atoms with Gasteiger partial charge in [-0.3, -0.25) is 4.72 Å². The van der Waals surface area contributed by atoms with Crippen LogP contribution in [0.2, 0.25) is 0 Å². The molecule has 1 aliphatic rings. The highest BCUT2D eigenvalue weighted by Gasteiger charge is 2.27. The number of ether oxygens (including phenoxy) is 1. The molecular formula is C26H25N5O3S. The van der Waals surface area contributed by atoms with E-state index in [0.29, 0.717) is 29.3 Å². The van der Waals surface area contributed by atoms with Gasteiger partial charge in [0.2, 0.25) is 10.0 Å². The lowest BCUT2D eigenvalue weighted by Gasteiger charge is -2.13. The molecule has 178 valence electrons. The number of hydrogen-bond donors (Lipinski definition) is 1. The molecule has 0 spiro atoms. The van der Waals surface area contributed by atoms with Crippen LogP contribution in [0.25, 0.3) is 22.2 Å². The van der Waals surface area contributed by atoms with Crippen molar-refractivity contribution in [1.29, 1.82) is 5.26 Å². The molecule has 35 heavy (non-hydrogen) atoms. The second-order valence-electron chi connectivity index (χ2n) is 8.70. The average molecular weight is 488 g/mol. The topological polar surface area (TPSA) is 110 Å². The summed E-state index contributed by atoms with van der Waals surface area (Å²) in [6.07, 6.45) is 6.10. The summed E-state index contributed by atoms with van der Waals surface area (Å²) in [5.74, 6) is 1.23. The van der Waals surface area contributed by atoms with Crippen LogP contribution in [0, 0.1) is 17.2 Å². The molecule has 0 unspecified atom stereocenters. The van der Waals surface area contributed by atoms with Crippen molar-refractivity contribution in [1.82, 2.24) is 14.5 Å². The molecule has 0 bridgehead atoms. The molecule has 9 heteroatoms. The molecule has 2 aromatic heterocycles. The van der Waals surface area contributed by atoms with Crippen LogP contribution < -0.4 is 9.46 Å². The van der Waals surface area contributed by atoms with Crippen LogP contribution in [0.5, 0.6) is 11.8 Å². The van der Waals surface area contributed by atoms with Crippen LogP contribution in [0.15, 0.2) is 60.9 Å². The fourth-order valence-corrected chi connectivity index (χ4v) is 5.33. The average Bonchev–Trinajstić information content (AvgIpc) is 3.61. The minimum Gasteiger partial charge on any atom is -0.424 e. The van der Waals surface area contributed by atoms with E-state index in [1.54, 1.807) is 30.6 Å². The highest BCUT2D eigenvalue weighted by Crippen LogP contribution is 2.40. The van der Waals surface area contributed by atoms with Gasteiger partial charge in [-0.1, -0.05) is 19.1 Å². The molecule has 8 nitrogen and oxygen atoms in total. The first kappa shape index (κ1) is 22.9. The van der Waals surface area contributed by atoms with Gasteiger partial charge >= 0.3 is 6.01 Å². The van der Waals surface area contributed by atoms with E-state index in [2.05, 4.69) is 25.3 Å². The monoisotopic (exact) mass is 487 g/mol. The van der Waals surface area contributed by atoms with E-state index in [1.165, 1.54) is 0 Å². The van der Waals surface area contributed by atoms with Gasteiger partial charge in [0.15, 0.2) is 0 Å². The van der Waals surface area contributed by atoms with Gasteiger partial charge in [0.05, 0.1) is 22.5 Å². The van der Waals surface area contributed by atoms with Crippen molar-refractivity contribution in [2.24, 2.45) is 5.92 Å². The van der Waals surface area contributed by atoms with Crippen molar-refractivity contribution < 1.29 is 13.2 Å². The lowest BCUT2D eigenvalue weighted by molar-refractivity contribution is 0.442. The third-order valence-electron chi connectivity index (χ3n) is 5.94. The van der Waals surface area contributed by atoms with Crippen LogP contribution in [-0.4, -0.2) is 28.7 Å². The lowest BCUT2D eigenvalue weighted by atomic mass is 10.1. The molecule has 2 aromatic carbocycles. The number of fused-ring (bicyclic) bond motifs is 1. The number of rotatable bonds is 9. The molecule has 0 atom stereocenters. The molecule has 0 saturated heterocycles. The van der Waals surface area contributed by atoms with E-state index in [0.717, 1.165) is 41.5 Å². The van der Waals surface area contributed by atoms with E-state index in [-0.39, 0.29) is 11.8 Å². The zero-order valence-corrected chi connectivity index (χ0v) is 20.1. The largest absolute Gasteiger partial charge is 0.424 e. The Hall–Kier alpha value is -3.90. The summed E-state index contributed by atoms with van der Waals surface area (Å²) in [4.78, 5) is 8.25. The quantitative estimate of drug-likeness (QED) is 0.342. The zero-order chi connectivity index (χ0) is 24.4. The second-order valence-corrected chi connectivity index (χ2v) is 10.5. The van der Waals surface area contributed by atoms with Gasteiger partial charge in [-0.2, -0.15) is 5.26 Å². The Morgan fingerprint density at radius 2 is 1.89 bits per heavy atom. The summed E-state index contributed by atoms with van der Waals surface area (Å²) in [5, 5.41) is 11.0. The number of aromatic nitrogens is 3. The fraction of sp³-hybridized carbons (Fsp3) is 0.269. The van der Waals surface area contributed by atoms with Crippen LogP contribution in [0.4, 0.5) is 5.69 Å². The summed E-state index contributed by atoms with van der Waals surface area (Å²) in [5.41, 5.74) is 3.67. The number of sulfonamides is 1. The Bertz CT molecular complexity index is 1500. The van der Waals surface area contributed by atoms with Gasteiger partial charge in [0.25, 0.3) is 0 Å². The van der Waals surface area contributed by atoms with Crippen LogP contribution in [0.1, 0.15) is 31.7 Å². The molecule has 0 aliphatic heterocycles. The van der Waals surface area contributed by atoms with Gasteiger partial charge in [0.1, 0.15) is 11.8 Å². The number of hydrogen-bond acceptors (Lipinski definition) is 6. The van der Waals surface area contributed by atoms with Crippen LogP contribution in [-0.2, 0) is 16.6 Å². The van der Waals surface area contributed by atoms with E-state index < -0.39 is 10.0 Å². The van der Waals surface area contributed by atoms with Gasteiger partial charge < -0.3 is 9.30 Å². The number of benzene rings is 2. The third kappa shape index (κ3) is 4.98. The van der Waals surface area contributed by atoms with Crippen molar-refractivity contribution >= 4 is 26.6 Å². The van der Waals surface area contributed by atoms with Crippen molar-refractivity contribution in [3.63, 3.8) is 0 Å². The molecule has 5 rings (SSSR count). The molecule has 0 radical (unpaired) electrons. The number of anilines is 1. The highest BCUT2D eigenvalue weighted by atomic mass is 32.2. The maximum Gasteiger partial charge on any atom is 0.321 e.